The van der Waals surface area contributed by atoms with E-state index in [4.69, 9.17) is 4.74 Å². The number of thiophene rings is 1. The molecule has 128 valence electrons. The van der Waals surface area contributed by atoms with Gasteiger partial charge in [0.05, 0.1) is 24.8 Å². The lowest BCUT2D eigenvalue weighted by atomic mass is 10.1. The first-order valence-electron chi connectivity index (χ1n) is 7.79. The number of nitrogens with zero attached hydrogens (tertiary/aromatic N) is 2. The van der Waals surface area contributed by atoms with Gasteiger partial charge in [-0.1, -0.05) is 6.07 Å². The van der Waals surface area contributed by atoms with E-state index in [1.165, 1.54) is 18.4 Å². The molecule has 0 unspecified atom stereocenters. The highest BCUT2D eigenvalue weighted by molar-refractivity contribution is 7.11. The molecule has 0 fully saturated rings. The van der Waals surface area contributed by atoms with Crippen molar-refractivity contribution in [3.8, 4) is 0 Å². The fourth-order valence-electron chi connectivity index (χ4n) is 2.76. The fraction of sp³-hybridized carbons (Fsp3) is 0.211. The van der Waals surface area contributed by atoms with Crippen LogP contribution in [0.5, 0.6) is 0 Å². The highest BCUT2D eigenvalue weighted by atomic mass is 32.1. The van der Waals surface area contributed by atoms with E-state index in [2.05, 4.69) is 4.98 Å². The number of carbonyl (C=O) groups excluding carboxylic acids is 2. The maximum absolute atomic E-state index is 13.0. The quantitative estimate of drug-likeness (QED) is 0.624. The molecule has 0 atom stereocenters. The minimum Gasteiger partial charge on any atom is -0.465 e. The average Bonchev–Trinajstić information content (AvgIpc) is 3.12. The second kappa shape index (κ2) is 7.03. The predicted molar refractivity (Wildman–Crippen MR) is 96.5 cm³/mol. The maximum atomic E-state index is 13.0. The Hall–Kier alpha value is -2.73. The molecule has 0 radical (unpaired) electrons. The van der Waals surface area contributed by atoms with Gasteiger partial charge >= 0.3 is 5.97 Å². The highest BCUT2D eigenvalue weighted by Crippen LogP contribution is 2.34. The number of hydrogen-bond donors (Lipinski definition) is 0. The topological polar surface area (TPSA) is 59.5 Å². The number of pyridine rings is 1. The van der Waals surface area contributed by atoms with Gasteiger partial charge in [-0.25, -0.2) is 4.79 Å². The summed E-state index contributed by atoms with van der Waals surface area (Å²) in [5.74, 6) is -0.699. The summed E-state index contributed by atoms with van der Waals surface area (Å²) < 4.78 is 4.91. The Labute approximate surface area is 150 Å². The molecule has 3 heterocycles. The number of aryl methyl sites for hydroxylation is 1. The molecular weight excluding hydrogens is 336 g/mol. The standard InChI is InChI=1S/C19H18N2O3S/c1-12-6-8-25-16(12)9-15-17(19(23)24-3)13(2)21(18(15)22)11-14-5-4-7-20-10-14/h4-10H,11H2,1-3H3/b15-9-. The van der Waals surface area contributed by atoms with Gasteiger partial charge in [-0.15, -0.1) is 11.3 Å². The van der Waals surface area contributed by atoms with Crippen LogP contribution >= 0.6 is 11.3 Å². The van der Waals surface area contributed by atoms with E-state index in [-0.39, 0.29) is 5.91 Å². The Morgan fingerprint density at radius 3 is 2.76 bits per heavy atom. The van der Waals surface area contributed by atoms with Crippen LogP contribution in [0.4, 0.5) is 0 Å². The van der Waals surface area contributed by atoms with E-state index in [1.807, 2.05) is 30.5 Å². The number of aromatic nitrogens is 1. The van der Waals surface area contributed by atoms with Crippen molar-refractivity contribution in [3.63, 3.8) is 0 Å². The molecule has 1 aliphatic rings. The van der Waals surface area contributed by atoms with Crippen molar-refractivity contribution in [2.24, 2.45) is 0 Å². The number of ether oxygens (including phenoxy) is 1. The van der Waals surface area contributed by atoms with Gasteiger partial charge in [0.15, 0.2) is 0 Å². The molecule has 5 nitrogen and oxygen atoms in total. The summed E-state index contributed by atoms with van der Waals surface area (Å²) in [5, 5.41) is 1.96. The molecule has 1 aliphatic heterocycles. The Morgan fingerprint density at radius 1 is 1.36 bits per heavy atom. The van der Waals surface area contributed by atoms with Crippen LogP contribution in [0.1, 0.15) is 22.9 Å². The van der Waals surface area contributed by atoms with Crippen LogP contribution in [0.3, 0.4) is 0 Å². The SMILES string of the molecule is COC(=O)C1=C(C)N(Cc2cccnc2)C(=O)/C1=C\c1sccc1C. The largest absolute Gasteiger partial charge is 0.465 e. The smallest absolute Gasteiger partial charge is 0.340 e. The third-order valence-electron chi connectivity index (χ3n) is 4.14. The molecule has 3 rings (SSSR count). The van der Waals surface area contributed by atoms with Gasteiger partial charge in [0.2, 0.25) is 0 Å². The van der Waals surface area contributed by atoms with Crippen LogP contribution in [0, 0.1) is 6.92 Å². The molecule has 0 N–H and O–H groups in total. The predicted octanol–water partition coefficient (Wildman–Crippen LogP) is 3.32. The van der Waals surface area contributed by atoms with Gasteiger partial charge in [-0.3, -0.25) is 9.78 Å². The summed E-state index contributed by atoms with van der Waals surface area (Å²) in [6.45, 7) is 4.10. The zero-order valence-electron chi connectivity index (χ0n) is 14.3. The van der Waals surface area contributed by atoms with Gasteiger partial charge in [0.25, 0.3) is 5.91 Å². The molecule has 25 heavy (non-hydrogen) atoms. The maximum Gasteiger partial charge on any atom is 0.340 e. The Balaban J connectivity index is 2.04. The van der Waals surface area contributed by atoms with Crippen LogP contribution in [0.15, 0.2) is 52.8 Å². The number of rotatable bonds is 4. The molecule has 0 spiro atoms. The minimum absolute atomic E-state index is 0.199. The molecule has 0 bridgehead atoms. The van der Waals surface area contributed by atoms with Crippen molar-refractivity contribution < 1.29 is 14.3 Å². The van der Waals surface area contributed by atoms with E-state index in [0.29, 0.717) is 23.4 Å². The minimum atomic E-state index is -0.500. The first-order valence-corrected chi connectivity index (χ1v) is 8.67. The van der Waals surface area contributed by atoms with Gasteiger partial charge in [-0.2, -0.15) is 0 Å². The molecule has 0 aliphatic carbocycles. The van der Waals surface area contributed by atoms with Crippen LogP contribution < -0.4 is 0 Å². The van der Waals surface area contributed by atoms with Crippen LogP contribution in [0.25, 0.3) is 6.08 Å². The van der Waals surface area contributed by atoms with Gasteiger partial charge in [0.1, 0.15) is 0 Å². The fourth-order valence-corrected chi connectivity index (χ4v) is 3.61. The summed E-state index contributed by atoms with van der Waals surface area (Å²) in [5.41, 5.74) is 3.26. The van der Waals surface area contributed by atoms with E-state index in [1.54, 1.807) is 30.3 Å². The van der Waals surface area contributed by atoms with Crippen molar-refractivity contribution >= 4 is 29.3 Å². The number of hydrogen-bond acceptors (Lipinski definition) is 5. The van der Waals surface area contributed by atoms with E-state index in [0.717, 1.165) is 16.0 Å². The van der Waals surface area contributed by atoms with Gasteiger partial charge in [-0.05, 0) is 48.6 Å². The first kappa shape index (κ1) is 17.1. The lowest BCUT2D eigenvalue weighted by Gasteiger charge is -2.17. The monoisotopic (exact) mass is 354 g/mol. The van der Waals surface area contributed by atoms with E-state index >= 15 is 0 Å². The second-order valence-electron chi connectivity index (χ2n) is 5.73. The molecule has 2 aromatic rings. The molecule has 1 amide bonds. The van der Waals surface area contributed by atoms with Crippen LogP contribution in [-0.2, 0) is 20.9 Å². The molecule has 0 aromatic carbocycles. The summed E-state index contributed by atoms with van der Waals surface area (Å²) in [7, 11) is 1.32. The lowest BCUT2D eigenvalue weighted by molar-refractivity contribution is -0.136. The van der Waals surface area contributed by atoms with Crippen LogP contribution in [0.2, 0.25) is 0 Å². The first-order chi connectivity index (χ1) is 12.0. The summed E-state index contributed by atoms with van der Waals surface area (Å²) in [6.07, 6.45) is 5.17. The third kappa shape index (κ3) is 3.25. The molecule has 2 aromatic heterocycles. The summed E-state index contributed by atoms with van der Waals surface area (Å²) in [6, 6.07) is 5.71. The number of methoxy groups -OCH3 is 1. The van der Waals surface area contributed by atoms with Crippen molar-refractivity contribution in [1.29, 1.82) is 0 Å². The van der Waals surface area contributed by atoms with Gasteiger partial charge in [0, 0.05) is 23.0 Å². The van der Waals surface area contributed by atoms with Crippen molar-refractivity contribution in [1.82, 2.24) is 9.88 Å². The van der Waals surface area contributed by atoms with Crippen molar-refractivity contribution in [3.05, 3.63) is 68.8 Å². The average molecular weight is 354 g/mol. The summed E-state index contributed by atoms with van der Waals surface area (Å²) in [4.78, 5) is 31.9. The van der Waals surface area contributed by atoms with E-state index < -0.39 is 5.97 Å². The normalized spacial score (nSPS) is 16.0. The number of amides is 1. The molecule has 0 saturated heterocycles. The van der Waals surface area contributed by atoms with Crippen molar-refractivity contribution in [2.75, 3.05) is 7.11 Å². The Kier molecular flexibility index (Phi) is 4.81. The second-order valence-corrected chi connectivity index (χ2v) is 6.68. The Bertz CT molecular complexity index is 881. The third-order valence-corrected chi connectivity index (χ3v) is 5.11. The van der Waals surface area contributed by atoms with Gasteiger partial charge < -0.3 is 9.64 Å². The highest BCUT2D eigenvalue weighted by Gasteiger charge is 2.37. The molecule has 6 heteroatoms. The molecular formula is C19H18N2O3S. The molecule has 0 saturated carbocycles. The van der Waals surface area contributed by atoms with E-state index in [9.17, 15) is 9.59 Å². The lowest BCUT2D eigenvalue weighted by Crippen LogP contribution is -2.24. The van der Waals surface area contributed by atoms with Crippen LogP contribution in [-0.4, -0.2) is 28.9 Å². The zero-order valence-corrected chi connectivity index (χ0v) is 15.1. The number of allylic oxidation sites excluding steroid dienone is 1. The summed E-state index contributed by atoms with van der Waals surface area (Å²) >= 11 is 1.53. The Morgan fingerprint density at radius 2 is 2.16 bits per heavy atom. The number of carbonyl (C=O) groups is 2. The van der Waals surface area contributed by atoms with Crippen molar-refractivity contribution in [2.45, 2.75) is 20.4 Å². The zero-order chi connectivity index (χ0) is 18.0. The number of esters is 1.